The molecule has 1 aromatic carbocycles. The summed E-state index contributed by atoms with van der Waals surface area (Å²) in [4.78, 5) is 0.0909. The lowest BCUT2D eigenvalue weighted by atomic mass is 9.95. The number of hydrogen-bond donors (Lipinski definition) is 2. The van der Waals surface area contributed by atoms with Crippen LogP contribution in [0.4, 0.5) is 0 Å². The van der Waals surface area contributed by atoms with Gasteiger partial charge in [-0.15, -0.1) is 0 Å². The van der Waals surface area contributed by atoms with Crippen LogP contribution < -0.4 is 15.2 Å². The van der Waals surface area contributed by atoms with E-state index in [-0.39, 0.29) is 11.4 Å². The number of hydrogen-bond acceptors (Lipinski definition) is 5. The Hall–Kier alpha value is -1.90. The molecule has 0 atom stereocenters. The average Bonchev–Trinajstić information content (AvgIpc) is 3.10. The van der Waals surface area contributed by atoms with Crippen LogP contribution in [0.3, 0.4) is 0 Å². The molecule has 0 aliphatic rings. The summed E-state index contributed by atoms with van der Waals surface area (Å²) < 4.78 is 34.8. The molecule has 0 fully saturated rings. The largest absolute Gasteiger partial charge is 0.494 e. The Kier molecular flexibility index (Phi) is 5.63. The molecule has 0 spiro atoms. The van der Waals surface area contributed by atoms with Crippen LogP contribution in [0.1, 0.15) is 26.7 Å². The summed E-state index contributed by atoms with van der Waals surface area (Å²) in [6.45, 7) is 4.06. The summed E-state index contributed by atoms with van der Waals surface area (Å²) in [6.07, 6.45) is 4.01. The highest BCUT2D eigenvalue weighted by molar-refractivity contribution is 7.89. The molecule has 3 N–H and O–H groups in total. The van der Waals surface area contributed by atoms with Gasteiger partial charge in [0.15, 0.2) is 0 Å². The van der Waals surface area contributed by atoms with E-state index in [1.54, 1.807) is 19.2 Å². The van der Waals surface area contributed by atoms with E-state index in [9.17, 15) is 8.42 Å². The van der Waals surface area contributed by atoms with Gasteiger partial charge in [-0.1, -0.05) is 26.0 Å². The van der Waals surface area contributed by atoms with Gasteiger partial charge in [0.1, 0.15) is 16.3 Å². The molecule has 1 aromatic heterocycles. The molecule has 8 heteroatoms. The number of rotatable bonds is 8. The van der Waals surface area contributed by atoms with Crippen LogP contribution in [-0.4, -0.2) is 37.4 Å². The van der Waals surface area contributed by atoms with Gasteiger partial charge in [-0.3, -0.25) is 0 Å². The van der Waals surface area contributed by atoms with E-state index in [1.165, 1.54) is 17.1 Å². The number of para-hydroxylation sites is 2. The third kappa shape index (κ3) is 3.61. The van der Waals surface area contributed by atoms with Crippen LogP contribution in [-0.2, 0) is 10.0 Å². The maximum atomic E-state index is 12.7. The third-order valence-corrected chi connectivity index (χ3v) is 5.83. The van der Waals surface area contributed by atoms with Gasteiger partial charge in [0, 0.05) is 12.1 Å². The van der Waals surface area contributed by atoms with Crippen molar-refractivity contribution in [2.24, 2.45) is 5.73 Å². The Balaban J connectivity index is 2.36. The van der Waals surface area contributed by atoms with E-state index in [0.717, 1.165) is 0 Å². The Morgan fingerprint density at radius 1 is 1.29 bits per heavy atom. The second-order valence-corrected chi connectivity index (χ2v) is 7.27. The Morgan fingerprint density at radius 2 is 1.96 bits per heavy atom. The molecule has 24 heavy (non-hydrogen) atoms. The van der Waals surface area contributed by atoms with Crippen molar-refractivity contribution in [3.05, 3.63) is 36.7 Å². The van der Waals surface area contributed by atoms with E-state index in [1.807, 2.05) is 26.0 Å². The predicted octanol–water partition coefficient (Wildman–Crippen LogP) is 1.68. The highest BCUT2D eigenvalue weighted by atomic mass is 32.2. The summed E-state index contributed by atoms with van der Waals surface area (Å²) in [5, 5.41) is 4.16. The maximum absolute atomic E-state index is 12.7. The second-order valence-electron chi connectivity index (χ2n) is 5.59. The van der Waals surface area contributed by atoms with Crippen LogP contribution >= 0.6 is 0 Å². The predicted molar refractivity (Wildman–Crippen MR) is 92.8 cm³/mol. The molecule has 0 saturated carbocycles. The zero-order valence-corrected chi connectivity index (χ0v) is 15.0. The number of nitrogens with one attached hydrogen (secondary N) is 1. The molecular weight excluding hydrogens is 328 g/mol. The average molecular weight is 352 g/mol. The first-order valence-corrected chi connectivity index (χ1v) is 9.31. The van der Waals surface area contributed by atoms with Crippen LogP contribution in [0.25, 0.3) is 5.69 Å². The van der Waals surface area contributed by atoms with Crippen LogP contribution in [0.15, 0.2) is 41.6 Å². The number of ether oxygens (including phenoxy) is 1. The fraction of sp³-hybridized carbons (Fsp3) is 0.438. The first-order valence-electron chi connectivity index (χ1n) is 7.83. The number of methoxy groups -OCH3 is 1. The SMILES string of the molecule is CCC(CC)(CN)NS(=O)(=O)c1cnn(-c2ccccc2OC)c1. The molecule has 2 rings (SSSR count). The summed E-state index contributed by atoms with van der Waals surface area (Å²) in [5.41, 5.74) is 5.80. The minimum atomic E-state index is -3.72. The van der Waals surface area contributed by atoms with Crippen molar-refractivity contribution in [3.63, 3.8) is 0 Å². The molecule has 0 saturated heterocycles. The first-order chi connectivity index (χ1) is 11.4. The molecule has 0 aliphatic heterocycles. The quantitative estimate of drug-likeness (QED) is 0.753. The maximum Gasteiger partial charge on any atom is 0.244 e. The van der Waals surface area contributed by atoms with Crippen LogP contribution in [0.5, 0.6) is 5.75 Å². The van der Waals surface area contributed by atoms with Gasteiger partial charge in [-0.25, -0.2) is 17.8 Å². The lowest BCUT2D eigenvalue weighted by molar-refractivity contribution is 0.363. The van der Waals surface area contributed by atoms with Crippen molar-refractivity contribution in [2.45, 2.75) is 37.1 Å². The fourth-order valence-corrected chi connectivity index (χ4v) is 3.95. The number of benzene rings is 1. The molecule has 0 bridgehead atoms. The topological polar surface area (TPSA) is 99.2 Å². The van der Waals surface area contributed by atoms with Crippen LogP contribution in [0, 0.1) is 0 Å². The van der Waals surface area contributed by atoms with E-state index < -0.39 is 15.6 Å². The molecule has 1 heterocycles. The van der Waals surface area contributed by atoms with E-state index in [0.29, 0.717) is 24.3 Å². The molecule has 132 valence electrons. The molecule has 7 nitrogen and oxygen atoms in total. The smallest absolute Gasteiger partial charge is 0.244 e. The number of sulfonamides is 1. The third-order valence-electron chi connectivity index (χ3n) is 4.30. The zero-order chi connectivity index (χ0) is 17.8. The number of aromatic nitrogens is 2. The van der Waals surface area contributed by atoms with Gasteiger partial charge in [0.05, 0.1) is 19.5 Å². The van der Waals surface area contributed by atoms with Crippen molar-refractivity contribution in [1.29, 1.82) is 0 Å². The van der Waals surface area contributed by atoms with Crippen molar-refractivity contribution in [3.8, 4) is 11.4 Å². The zero-order valence-electron chi connectivity index (χ0n) is 14.2. The summed E-state index contributed by atoms with van der Waals surface area (Å²) >= 11 is 0. The number of nitrogens with two attached hydrogens (primary N) is 1. The first kappa shape index (κ1) is 18.4. The molecule has 0 radical (unpaired) electrons. The van der Waals surface area contributed by atoms with Gasteiger partial charge in [0.2, 0.25) is 10.0 Å². The van der Waals surface area contributed by atoms with E-state index >= 15 is 0 Å². The Morgan fingerprint density at radius 3 is 2.54 bits per heavy atom. The molecule has 0 unspecified atom stereocenters. The van der Waals surface area contributed by atoms with Crippen LogP contribution in [0.2, 0.25) is 0 Å². The van der Waals surface area contributed by atoms with Gasteiger partial charge < -0.3 is 10.5 Å². The monoisotopic (exact) mass is 352 g/mol. The molecular formula is C16H24N4O3S. The van der Waals surface area contributed by atoms with Gasteiger partial charge in [-0.05, 0) is 25.0 Å². The highest BCUT2D eigenvalue weighted by Gasteiger charge is 2.31. The standard InChI is InChI=1S/C16H24N4O3S/c1-4-16(5-2,12-17)19-24(21,22)13-10-18-20(11-13)14-8-6-7-9-15(14)23-3/h6-11,19H,4-5,12,17H2,1-3H3. The highest BCUT2D eigenvalue weighted by Crippen LogP contribution is 2.23. The van der Waals surface area contributed by atoms with Gasteiger partial charge >= 0.3 is 0 Å². The van der Waals surface area contributed by atoms with Crippen molar-refractivity contribution >= 4 is 10.0 Å². The van der Waals surface area contributed by atoms with E-state index in [4.69, 9.17) is 10.5 Å². The summed E-state index contributed by atoms with van der Waals surface area (Å²) in [7, 11) is -2.16. The fourth-order valence-electron chi connectivity index (χ4n) is 2.46. The summed E-state index contributed by atoms with van der Waals surface area (Å²) in [5.74, 6) is 0.607. The Bertz CT molecular complexity index is 774. The molecule has 2 aromatic rings. The van der Waals surface area contributed by atoms with E-state index in [2.05, 4.69) is 9.82 Å². The van der Waals surface area contributed by atoms with Gasteiger partial charge in [-0.2, -0.15) is 5.10 Å². The lowest BCUT2D eigenvalue weighted by Crippen LogP contribution is -2.52. The van der Waals surface area contributed by atoms with Crippen molar-refractivity contribution in [1.82, 2.24) is 14.5 Å². The minimum Gasteiger partial charge on any atom is -0.494 e. The Labute approximate surface area is 142 Å². The van der Waals surface area contributed by atoms with Gasteiger partial charge in [0.25, 0.3) is 0 Å². The molecule has 0 aliphatic carbocycles. The molecule has 0 amide bonds. The number of nitrogens with zero attached hydrogens (tertiary/aromatic N) is 2. The van der Waals surface area contributed by atoms with Crippen molar-refractivity contribution < 1.29 is 13.2 Å². The summed E-state index contributed by atoms with van der Waals surface area (Å²) in [6, 6.07) is 7.26. The lowest BCUT2D eigenvalue weighted by Gasteiger charge is -2.30. The van der Waals surface area contributed by atoms with Crippen molar-refractivity contribution in [2.75, 3.05) is 13.7 Å². The normalized spacial score (nSPS) is 12.3. The second kappa shape index (κ2) is 7.33. The minimum absolute atomic E-state index is 0.0909.